The van der Waals surface area contributed by atoms with Gasteiger partial charge < -0.3 is 10.5 Å². The molecule has 132 valence electrons. The highest BCUT2D eigenvalue weighted by molar-refractivity contribution is 7.92. The van der Waals surface area contributed by atoms with Crippen LogP contribution in [-0.4, -0.2) is 26.9 Å². The standard InChI is InChI=1S/C17H18N2O5S/c1-11-4-3-5-14(8-11)19-25(22,23)15-9-13(7-6-12(15)2)17(21)24-10-16(18)20/h3-9,19H,10H2,1-2H3,(H2,18,20). The summed E-state index contributed by atoms with van der Waals surface area (Å²) in [5.74, 6) is -1.62. The van der Waals surface area contributed by atoms with Crippen molar-refractivity contribution >= 4 is 27.6 Å². The number of carbonyl (C=O) groups excluding carboxylic acids is 2. The lowest BCUT2D eigenvalue weighted by Gasteiger charge is -2.12. The summed E-state index contributed by atoms with van der Waals surface area (Å²) in [5.41, 5.74) is 6.71. The van der Waals surface area contributed by atoms with Gasteiger partial charge in [-0.05, 0) is 49.2 Å². The Morgan fingerprint density at radius 1 is 1.12 bits per heavy atom. The first-order chi connectivity index (χ1) is 11.7. The second-order valence-corrected chi connectivity index (χ2v) is 7.15. The monoisotopic (exact) mass is 362 g/mol. The molecule has 0 aromatic heterocycles. The normalized spacial score (nSPS) is 11.0. The van der Waals surface area contributed by atoms with Gasteiger partial charge in [0, 0.05) is 5.69 Å². The Hall–Kier alpha value is -2.87. The van der Waals surface area contributed by atoms with E-state index in [0.717, 1.165) is 5.56 Å². The predicted octanol–water partition coefficient (Wildman–Crippen LogP) is 1.75. The molecular weight excluding hydrogens is 344 g/mol. The molecule has 0 fully saturated rings. The number of nitrogens with two attached hydrogens (primary N) is 1. The van der Waals surface area contributed by atoms with Crippen molar-refractivity contribution in [3.63, 3.8) is 0 Å². The SMILES string of the molecule is Cc1cccc(NS(=O)(=O)c2cc(C(=O)OCC(N)=O)ccc2C)c1. The topological polar surface area (TPSA) is 116 Å². The van der Waals surface area contributed by atoms with E-state index in [1.54, 1.807) is 25.1 Å². The molecule has 2 rings (SSSR count). The molecule has 0 bridgehead atoms. The van der Waals surface area contributed by atoms with Crippen LogP contribution >= 0.6 is 0 Å². The maximum atomic E-state index is 12.6. The predicted molar refractivity (Wildman–Crippen MR) is 92.6 cm³/mol. The van der Waals surface area contributed by atoms with Crippen molar-refractivity contribution in [3.05, 3.63) is 59.2 Å². The second kappa shape index (κ2) is 7.35. The Morgan fingerprint density at radius 2 is 1.84 bits per heavy atom. The number of carbonyl (C=O) groups is 2. The summed E-state index contributed by atoms with van der Waals surface area (Å²) in [6.45, 7) is 2.89. The minimum absolute atomic E-state index is 0.0106. The quantitative estimate of drug-likeness (QED) is 0.760. The fourth-order valence-electron chi connectivity index (χ4n) is 2.16. The molecule has 0 atom stereocenters. The molecule has 0 aliphatic rings. The number of hydrogen-bond donors (Lipinski definition) is 2. The molecule has 3 N–H and O–H groups in total. The highest BCUT2D eigenvalue weighted by Crippen LogP contribution is 2.21. The Bertz CT molecular complexity index is 922. The number of hydrogen-bond acceptors (Lipinski definition) is 5. The smallest absolute Gasteiger partial charge is 0.338 e. The molecule has 0 spiro atoms. The molecule has 0 unspecified atom stereocenters. The van der Waals surface area contributed by atoms with Gasteiger partial charge in [0.15, 0.2) is 6.61 Å². The van der Waals surface area contributed by atoms with Crippen LogP contribution < -0.4 is 10.5 Å². The van der Waals surface area contributed by atoms with Crippen LogP contribution in [0, 0.1) is 13.8 Å². The summed E-state index contributed by atoms with van der Waals surface area (Å²) in [6.07, 6.45) is 0. The van der Waals surface area contributed by atoms with E-state index in [9.17, 15) is 18.0 Å². The third kappa shape index (κ3) is 4.80. The van der Waals surface area contributed by atoms with Gasteiger partial charge in [0.25, 0.3) is 15.9 Å². The maximum absolute atomic E-state index is 12.6. The fraction of sp³-hybridized carbons (Fsp3) is 0.176. The summed E-state index contributed by atoms with van der Waals surface area (Å²) < 4.78 is 32.5. The first kappa shape index (κ1) is 18.5. The molecule has 0 aliphatic heterocycles. The number of rotatable bonds is 6. The van der Waals surface area contributed by atoms with Gasteiger partial charge in [-0.25, -0.2) is 13.2 Å². The van der Waals surface area contributed by atoms with Crippen molar-refractivity contribution in [3.8, 4) is 0 Å². The van der Waals surface area contributed by atoms with Crippen molar-refractivity contribution in [1.82, 2.24) is 0 Å². The first-order valence-electron chi connectivity index (χ1n) is 7.34. The van der Waals surface area contributed by atoms with Crippen LogP contribution in [0.2, 0.25) is 0 Å². The lowest BCUT2D eigenvalue weighted by atomic mass is 10.1. The molecule has 0 heterocycles. The number of sulfonamides is 1. The zero-order valence-electron chi connectivity index (χ0n) is 13.8. The minimum Gasteiger partial charge on any atom is -0.452 e. The van der Waals surface area contributed by atoms with E-state index in [1.807, 2.05) is 13.0 Å². The van der Waals surface area contributed by atoms with Crippen molar-refractivity contribution in [2.24, 2.45) is 5.73 Å². The van der Waals surface area contributed by atoms with Gasteiger partial charge >= 0.3 is 5.97 Å². The van der Waals surface area contributed by atoms with E-state index in [1.165, 1.54) is 18.2 Å². The van der Waals surface area contributed by atoms with E-state index in [0.29, 0.717) is 11.3 Å². The van der Waals surface area contributed by atoms with E-state index in [4.69, 9.17) is 10.5 Å². The van der Waals surface area contributed by atoms with Crippen LogP contribution in [0.25, 0.3) is 0 Å². The van der Waals surface area contributed by atoms with Crippen LogP contribution in [0.3, 0.4) is 0 Å². The minimum atomic E-state index is -3.90. The summed E-state index contributed by atoms with van der Waals surface area (Å²) in [4.78, 5) is 22.5. The molecule has 2 aromatic rings. The average molecular weight is 362 g/mol. The highest BCUT2D eigenvalue weighted by Gasteiger charge is 2.20. The number of nitrogens with one attached hydrogen (secondary N) is 1. The van der Waals surface area contributed by atoms with E-state index >= 15 is 0 Å². The van der Waals surface area contributed by atoms with E-state index < -0.39 is 28.5 Å². The Labute approximate surface area is 145 Å². The number of amides is 1. The Kier molecular flexibility index (Phi) is 5.43. The Balaban J connectivity index is 2.32. The van der Waals surface area contributed by atoms with Crippen LogP contribution in [-0.2, 0) is 19.6 Å². The lowest BCUT2D eigenvalue weighted by molar-refractivity contribution is -0.121. The summed E-state index contributed by atoms with van der Waals surface area (Å²) in [6, 6.07) is 11.0. The van der Waals surface area contributed by atoms with Crippen molar-refractivity contribution in [1.29, 1.82) is 0 Å². The molecule has 2 aromatic carbocycles. The van der Waals surface area contributed by atoms with Crippen molar-refractivity contribution in [2.45, 2.75) is 18.7 Å². The molecular formula is C17H18N2O5S. The van der Waals surface area contributed by atoms with E-state index in [2.05, 4.69) is 4.72 Å². The van der Waals surface area contributed by atoms with Gasteiger partial charge in [0.2, 0.25) is 0 Å². The maximum Gasteiger partial charge on any atom is 0.338 e. The number of esters is 1. The lowest BCUT2D eigenvalue weighted by Crippen LogP contribution is -2.21. The molecule has 0 saturated carbocycles. The molecule has 25 heavy (non-hydrogen) atoms. The van der Waals surface area contributed by atoms with Gasteiger partial charge in [-0.15, -0.1) is 0 Å². The number of ether oxygens (including phenoxy) is 1. The number of anilines is 1. The van der Waals surface area contributed by atoms with Gasteiger partial charge in [0.05, 0.1) is 10.5 Å². The van der Waals surface area contributed by atoms with Crippen LogP contribution in [0.4, 0.5) is 5.69 Å². The first-order valence-corrected chi connectivity index (χ1v) is 8.83. The number of aryl methyl sites for hydroxylation is 2. The van der Waals surface area contributed by atoms with Crippen molar-refractivity contribution < 1.29 is 22.7 Å². The average Bonchev–Trinajstić information content (AvgIpc) is 2.52. The third-order valence-corrected chi connectivity index (χ3v) is 4.85. The largest absolute Gasteiger partial charge is 0.452 e. The van der Waals surface area contributed by atoms with E-state index in [-0.39, 0.29) is 10.5 Å². The Morgan fingerprint density at radius 3 is 2.48 bits per heavy atom. The van der Waals surface area contributed by atoms with Gasteiger partial charge in [-0.2, -0.15) is 0 Å². The van der Waals surface area contributed by atoms with Crippen LogP contribution in [0.15, 0.2) is 47.4 Å². The zero-order valence-corrected chi connectivity index (χ0v) is 14.6. The highest BCUT2D eigenvalue weighted by atomic mass is 32.2. The zero-order chi connectivity index (χ0) is 18.6. The number of primary amides is 1. The summed E-state index contributed by atoms with van der Waals surface area (Å²) >= 11 is 0. The van der Waals surface area contributed by atoms with Gasteiger partial charge in [0.1, 0.15) is 0 Å². The summed E-state index contributed by atoms with van der Waals surface area (Å²) in [5, 5.41) is 0. The molecule has 0 radical (unpaired) electrons. The molecule has 0 saturated heterocycles. The third-order valence-electron chi connectivity index (χ3n) is 3.33. The molecule has 7 nitrogen and oxygen atoms in total. The summed E-state index contributed by atoms with van der Waals surface area (Å²) in [7, 11) is -3.90. The molecule has 8 heteroatoms. The second-order valence-electron chi connectivity index (χ2n) is 5.50. The molecule has 0 aliphatic carbocycles. The fourth-order valence-corrected chi connectivity index (χ4v) is 3.48. The molecule has 1 amide bonds. The van der Waals surface area contributed by atoms with Crippen LogP contribution in [0.1, 0.15) is 21.5 Å². The van der Waals surface area contributed by atoms with Crippen LogP contribution in [0.5, 0.6) is 0 Å². The van der Waals surface area contributed by atoms with Gasteiger partial charge in [-0.3, -0.25) is 9.52 Å². The number of benzene rings is 2. The van der Waals surface area contributed by atoms with Crippen molar-refractivity contribution in [2.75, 3.05) is 11.3 Å². The van der Waals surface area contributed by atoms with Gasteiger partial charge in [-0.1, -0.05) is 18.2 Å².